The molecular weight excluding hydrogens is 313 g/mol. The molecule has 0 aliphatic heterocycles. The van der Waals surface area contributed by atoms with E-state index in [4.69, 9.17) is 23.2 Å². The van der Waals surface area contributed by atoms with Crippen molar-refractivity contribution in [3.63, 3.8) is 0 Å². The summed E-state index contributed by atoms with van der Waals surface area (Å²) in [5, 5.41) is 3.31. The van der Waals surface area contributed by atoms with Crippen molar-refractivity contribution in [1.29, 1.82) is 0 Å². The Balaban J connectivity index is 2.12. The van der Waals surface area contributed by atoms with Crippen LogP contribution in [0.5, 0.6) is 0 Å². The molecule has 2 heterocycles. The largest absolute Gasteiger partial charge is 0.238 e. The van der Waals surface area contributed by atoms with Crippen molar-refractivity contribution in [2.45, 2.75) is 6.92 Å². The molecule has 6 heteroatoms. The summed E-state index contributed by atoms with van der Waals surface area (Å²) in [6, 6.07) is 9.60. The highest BCUT2D eigenvalue weighted by Crippen LogP contribution is 2.34. The van der Waals surface area contributed by atoms with E-state index in [1.54, 1.807) is 0 Å². The molecule has 0 aliphatic carbocycles. The predicted molar refractivity (Wildman–Crippen MR) is 83.3 cm³/mol. The van der Waals surface area contributed by atoms with E-state index in [0.717, 1.165) is 11.3 Å². The summed E-state index contributed by atoms with van der Waals surface area (Å²) in [5.74, 6) is 0.456. The van der Waals surface area contributed by atoms with Crippen LogP contribution in [0, 0.1) is 6.92 Å². The molecule has 2 aromatic heterocycles. The van der Waals surface area contributed by atoms with Gasteiger partial charge in [0.25, 0.3) is 0 Å². The van der Waals surface area contributed by atoms with Gasteiger partial charge in [-0.05, 0) is 12.5 Å². The fourth-order valence-corrected chi connectivity index (χ4v) is 3.14. The number of hydrogen-bond donors (Lipinski definition) is 0. The minimum Gasteiger partial charge on any atom is -0.238 e. The summed E-state index contributed by atoms with van der Waals surface area (Å²) in [6.45, 7) is 1.92. The van der Waals surface area contributed by atoms with Crippen LogP contribution in [0.25, 0.3) is 22.0 Å². The number of aromatic nitrogens is 3. The molecule has 3 aromatic rings. The highest BCUT2D eigenvalue weighted by molar-refractivity contribution is 7.13. The third kappa shape index (κ3) is 2.54. The van der Waals surface area contributed by atoms with E-state index in [1.165, 1.54) is 11.3 Å². The molecule has 0 bridgehead atoms. The van der Waals surface area contributed by atoms with E-state index >= 15 is 0 Å². The Kier molecular flexibility index (Phi) is 3.70. The SMILES string of the molecule is Cc1csc(-c2nc(Cl)c(-c3ccccc3)c(Cl)n2)n1. The van der Waals surface area contributed by atoms with Gasteiger partial charge in [0, 0.05) is 11.1 Å². The number of halogens is 2. The fraction of sp³-hybridized carbons (Fsp3) is 0.0714. The fourth-order valence-electron chi connectivity index (χ4n) is 1.80. The topological polar surface area (TPSA) is 38.7 Å². The van der Waals surface area contributed by atoms with Crippen molar-refractivity contribution >= 4 is 34.5 Å². The molecule has 0 spiro atoms. The molecule has 1 aromatic carbocycles. The van der Waals surface area contributed by atoms with Gasteiger partial charge in [-0.3, -0.25) is 0 Å². The first-order chi connectivity index (χ1) is 9.65. The van der Waals surface area contributed by atoms with Crippen LogP contribution in [0.2, 0.25) is 10.3 Å². The molecule has 0 amide bonds. The molecule has 3 rings (SSSR count). The Labute approximate surface area is 130 Å². The van der Waals surface area contributed by atoms with Gasteiger partial charge in [0.2, 0.25) is 0 Å². The van der Waals surface area contributed by atoms with Crippen LogP contribution in [0.3, 0.4) is 0 Å². The van der Waals surface area contributed by atoms with Crippen LogP contribution in [-0.2, 0) is 0 Å². The number of aryl methyl sites for hydroxylation is 1. The Morgan fingerprint density at radius 1 is 0.950 bits per heavy atom. The van der Waals surface area contributed by atoms with Crippen LogP contribution in [0.15, 0.2) is 35.7 Å². The molecule has 100 valence electrons. The quantitative estimate of drug-likeness (QED) is 0.631. The van der Waals surface area contributed by atoms with Crippen LogP contribution in [0.4, 0.5) is 0 Å². The lowest BCUT2D eigenvalue weighted by Gasteiger charge is -2.07. The Hall–Kier alpha value is -1.49. The van der Waals surface area contributed by atoms with E-state index in [2.05, 4.69) is 15.0 Å². The second-order valence-corrected chi connectivity index (χ2v) is 5.74. The van der Waals surface area contributed by atoms with Crippen molar-refractivity contribution in [2.75, 3.05) is 0 Å². The molecule has 0 saturated carbocycles. The van der Waals surface area contributed by atoms with Crippen molar-refractivity contribution < 1.29 is 0 Å². The summed E-state index contributed by atoms with van der Waals surface area (Å²) >= 11 is 14.0. The first-order valence-electron chi connectivity index (χ1n) is 5.86. The Morgan fingerprint density at radius 2 is 1.60 bits per heavy atom. The zero-order valence-corrected chi connectivity index (χ0v) is 12.8. The zero-order chi connectivity index (χ0) is 14.1. The number of thiazole rings is 1. The molecule has 3 nitrogen and oxygen atoms in total. The van der Waals surface area contributed by atoms with Crippen molar-refractivity contribution in [2.24, 2.45) is 0 Å². The van der Waals surface area contributed by atoms with Gasteiger partial charge in [-0.1, -0.05) is 53.5 Å². The number of nitrogens with zero attached hydrogens (tertiary/aromatic N) is 3. The van der Waals surface area contributed by atoms with Gasteiger partial charge in [-0.15, -0.1) is 11.3 Å². The Bertz CT molecular complexity index is 733. The molecule has 0 fully saturated rings. The van der Waals surface area contributed by atoms with Gasteiger partial charge in [-0.2, -0.15) is 0 Å². The average molecular weight is 322 g/mol. The lowest BCUT2D eigenvalue weighted by Crippen LogP contribution is -1.94. The van der Waals surface area contributed by atoms with Gasteiger partial charge >= 0.3 is 0 Å². The smallest absolute Gasteiger partial charge is 0.191 e. The third-order valence-corrected chi connectivity index (χ3v) is 4.20. The molecule has 20 heavy (non-hydrogen) atoms. The van der Waals surface area contributed by atoms with Crippen molar-refractivity contribution in [3.05, 3.63) is 51.7 Å². The lowest BCUT2D eigenvalue weighted by molar-refractivity contribution is 1.15. The van der Waals surface area contributed by atoms with Gasteiger partial charge in [0.1, 0.15) is 10.3 Å². The third-order valence-electron chi connectivity index (χ3n) is 2.69. The minimum atomic E-state index is 0.332. The predicted octanol–water partition coefficient (Wildman–Crippen LogP) is 4.88. The maximum atomic E-state index is 6.27. The maximum Gasteiger partial charge on any atom is 0.191 e. The highest BCUT2D eigenvalue weighted by Gasteiger charge is 2.15. The minimum absolute atomic E-state index is 0.332. The number of benzene rings is 1. The van der Waals surface area contributed by atoms with Crippen molar-refractivity contribution in [3.8, 4) is 22.0 Å². The van der Waals surface area contributed by atoms with Crippen LogP contribution in [0.1, 0.15) is 5.69 Å². The second kappa shape index (κ2) is 5.48. The van der Waals surface area contributed by atoms with Gasteiger partial charge < -0.3 is 0 Å². The highest BCUT2D eigenvalue weighted by atomic mass is 35.5. The first kappa shape index (κ1) is 13.5. The monoisotopic (exact) mass is 321 g/mol. The van der Waals surface area contributed by atoms with Gasteiger partial charge in [-0.25, -0.2) is 15.0 Å². The first-order valence-corrected chi connectivity index (χ1v) is 7.49. The number of hydrogen-bond acceptors (Lipinski definition) is 4. The maximum absolute atomic E-state index is 6.27. The summed E-state index contributed by atoms with van der Waals surface area (Å²) < 4.78 is 0. The van der Waals surface area contributed by atoms with Crippen LogP contribution in [-0.4, -0.2) is 15.0 Å². The second-order valence-electron chi connectivity index (χ2n) is 4.16. The molecule has 0 aliphatic rings. The van der Waals surface area contributed by atoms with Crippen LogP contribution < -0.4 is 0 Å². The van der Waals surface area contributed by atoms with E-state index in [0.29, 0.717) is 26.7 Å². The van der Waals surface area contributed by atoms with E-state index < -0.39 is 0 Å². The molecule has 0 radical (unpaired) electrons. The Morgan fingerprint density at radius 3 is 2.15 bits per heavy atom. The van der Waals surface area contributed by atoms with E-state index in [9.17, 15) is 0 Å². The van der Waals surface area contributed by atoms with Crippen molar-refractivity contribution in [1.82, 2.24) is 15.0 Å². The summed E-state index contributed by atoms with van der Waals surface area (Å²) in [5.41, 5.74) is 2.46. The summed E-state index contributed by atoms with van der Waals surface area (Å²) in [7, 11) is 0. The van der Waals surface area contributed by atoms with Gasteiger partial charge in [0.15, 0.2) is 10.8 Å². The molecule has 0 unspecified atom stereocenters. The standard InChI is InChI=1S/C14H9Cl2N3S/c1-8-7-20-14(17-8)13-18-11(15)10(12(16)19-13)9-5-3-2-4-6-9/h2-7H,1H3. The van der Waals surface area contributed by atoms with E-state index in [-0.39, 0.29) is 0 Å². The van der Waals surface area contributed by atoms with Crippen LogP contribution >= 0.6 is 34.5 Å². The summed E-state index contributed by atoms with van der Waals surface area (Å²) in [4.78, 5) is 13.0. The van der Waals surface area contributed by atoms with Gasteiger partial charge in [0.05, 0.1) is 5.56 Å². The molecule has 0 atom stereocenters. The number of rotatable bonds is 2. The molecule has 0 N–H and O–H groups in total. The molecule has 0 saturated heterocycles. The summed E-state index contributed by atoms with van der Waals surface area (Å²) in [6.07, 6.45) is 0. The van der Waals surface area contributed by atoms with E-state index in [1.807, 2.05) is 42.6 Å². The zero-order valence-electron chi connectivity index (χ0n) is 10.5. The molecular formula is C14H9Cl2N3S. The lowest BCUT2D eigenvalue weighted by atomic mass is 10.1. The average Bonchev–Trinajstić information content (AvgIpc) is 2.86. The normalized spacial score (nSPS) is 10.8.